The van der Waals surface area contributed by atoms with Crippen LogP contribution in [0, 0.1) is 0 Å². The number of alkyl halides is 2. The van der Waals surface area contributed by atoms with Crippen molar-refractivity contribution < 1.29 is 27.8 Å². The van der Waals surface area contributed by atoms with Crippen LogP contribution >= 0.6 is 0 Å². The molecule has 2 aliphatic heterocycles. The third-order valence-corrected chi connectivity index (χ3v) is 4.23. The van der Waals surface area contributed by atoms with E-state index < -0.39 is 12.2 Å². The number of hydrogen-bond donors (Lipinski definition) is 1. The summed E-state index contributed by atoms with van der Waals surface area (Å²) in [5.41, 5.74) is 3.89. The highest BCUT2D eigenvalue weighted by Crippen LogP contribution is 2.38. The molecule has 1 fully saturated rings. The zero-order valence-electron chi connectivity index (χ0n) is 13.8. The van der Waals surface area contributed by atoms with Crippen molar-refractivity contribution in [3.63, 3.8) is 0 Å². The average Bonchev–Trinajstić information content (AvgIpc) is 3.27. The van der Waals surface area contributed by atoms with Crippen molar-refractivity contribution in [3.8, 4) is 17.2 Å². The molecule has 1 atom stereocenters. The fraction of sp³-hybridized carbons (Fsp3) is 0.263. The minimum atomic E-state index is -2.94. The average molecular weight is 361 g/mol. The molecule has 0 aliphatic carbocycles. The summed E-state index contributed by atoms with van der Waals surface area (Å²) in [6.07, 6.45) is 2.71. The van der Waals surface area contributed by atoms with Gasteiger partial charge in [0.25, 0.3) is 0 Å². The predicted molar refractivity (Wildman–Crippen MR) is 90.0 cm³/mol. The van der Waals surface area contributed by atoms with Gasteiger partial charge >= 0.3 is 6.61 Å². The molecular weight excluding hydrogens is 344 g/mol. The first-order valence-electron chi connectivity index (χ1n) is 8.20. The summed E-state index contributed by atoms with van der Waals surface area (Å²) in [5, 5.41) is 0. The van der Waals surface area contributed by atoms with E-state index in [1.807, 2.05) is 12.1 Å². The first-order chi connectivity index (χ1) is 12.6. The monoisotopic (exact) mass is 361 g/mol. The Balaban J connectivity index is 1.65. The smallest absolute Gasteiger partial charge is 0.387 e. The molecule has 2 aromatic carbocycles. The standard InChI is InChI=1S/C19H17F2NO4/c20-18(21)25-16-7-6-13(10-17(16)24-14-4-2-1-3-5-14)15-11-19(26-22-15)8-9-23-12-19/h1-7,10-11,18,22H,8-9,12H2. The van der Waals surface area contributed by atoms with Crippen LogP contribution in [-0.2, 0) is 9.57 Å². The van der Waals surface area contributed by atoms with Crippen LogP contribution in [0.5, 0.6) is 17.2 Å². The summed E-state index contributed by atoms with van der Waals surface area (Å²) in [6, 6.07) is 13.7. The maximum absolute atomic E-state index is 12.7. The molecule has 4 rings (SSSR count). The molecule has 2 heterocycles. The molecule has 0 saturated carbocycles. The van der Waals surface area contributed by atoms with Gasteiger partial charge in [0.2, 0.25) is 0 Å². The number of rotatable bonds is 5. The van der Waals surface area contributed by atoms with Gasteiger partial charge in [0.15, 0.2) is 11.5 Å². The van der Waals surface area contributed by atoms with E-state index in [-0.39, 0.29) is 11.5 Å². The fourth-order valence-corrected chi connectivity index (χ4v) is 2.94. The van der Waals surface area contributed by atoms with E-state index >= 15 is 0 Å². The Hall–Kier alpha value is -2.64. The van der Waals surface area contributed by atoms with Gasteiger partial charge in [-0.2, -0.15) is 8.78 Å². The highest BCUT2D eigenvalue weighted by molar-refractivity contribution is 5.68. The van der Waals surface area contributed by atoms with Crippen LogP contribution in [-0.4, -0.2) is 25.4 Å². The summed E-state index contributed by atoms with van der Waals surface area (Å²) in [4.78, 5) is 5.66. The van der Waals surface area contributed by atoms with E-state index in [1.165, 1.54) is 6.07 Å². The second-order valence-electron chi connectivity index (χ2n) is 6.08. The van der Waals surface area contributed by atoms with Crippen LogP contribution in [0.15, 0.2) is 54.6 Å². The van der Waals surface area contributed by atoms with Crippen molar-refractivity contribution in [2.45, 2.75) is 18.6 Å². The van der Waals surface area contributed by atoms with Gasteiger partial charge in [-0.3, -0.25) is 10.3 Å². The van der Waals surface area contributed by atoms with E-state index in [0.717, 1.165) is 17.7 Å². The Kier molecular flexibility index (Phi) is 4.48. The molecule has 2 aromatic rings. The maximum Gasteiger partial charge on any atom is 0.387 e. The van der Waals surface area contributed by atoms with Crippen LogP contribution in [0.25, 0.3) is 5.70 Å². The van der Waals surface area contributed by atoms with Gasteiger partial charge in [-0.15, -0.1) is 0 Å². The first kappa shape index (κ1) is 16.8. The number of nitrogens with one attached hydrogen (secondary N) is 1. The van der Waals surface area contributed by atoms with Crippen molar-refractivity contribution in [1.82, 2.24) is 5.48 Å². The lowest BCUT2D eigenvalue weighted by molar-refractivity contribution is -0.0510. The summed E-state index contributed by atoms with van der Waals surface area (Å²) in [7, 11) is 0. The Bertz CT molecular complexity index is 804. The van der Waals surface area contributed by atoms with Crippen LogP contribution in [0.2, 0.25) is 0 Å². The van der Waals surface area contributed by atoms with Crippen molar-refractivity contribution in [3.05, 3.63) is 60.2 Å². The number of benzene rings is 2. The fourth-order valence-electron chi connectivity index (χ4n) is 2.94. The number of para-hydroxylation sites is 1. The zero-order valence-corrected chi connectivity index (χ0v) is 13.8. The Labute approximate surface area is 149 Å². The minimum absolute atomic E-state index is 0.0361. The van der Waals surface area contributed by atoms with Crippen LogP contribution < -0.4 is 15.0 Å². The molecule has 0 amide bonds. The summed E-state index contributed by atoms with van der Waals surface area (Å²) < 4.78 is 41.1. The molecule has 2 aliphatic rings. The van der Waals surface area contributed by atoms with Crippen LogP contribution in [0.1, 0.15) is 12.0 Å². The van der Waals surface area contributed by atoms with Gasteiger partial charge in [0, 0.05) is 18.6 Å². The van der Waals surface area contributed by atoms with Crippen molar-refractivity contribution in [2.75, 3.05) is 13.2 Å². The zero-order chi connectivity index (χ0) is 18.0. The topological polar surface area (TPSA) is 49.0 Å². The summed E-state index contributed by atoms with van der Waals surface area (Å²) in [6.45, 7) is -1.83. The SMILES string of the molecule is FC(F)Oc1ccc(C2=CC3(CCOC3)ON2)cc1Oc1ccccc1. The lowest BCUT2D eigenvalue weighted by Gasteiger charge is -2.15. The predicted octanol–water partition coefficient (Wildman–Crippen LogP) is 4.12. The molecule has 0 bridgehead atoms. The molecule has 1 N–H and O–H groups in total. The summed E-state index contributed by atoms with van der Waals surface area (Å²) >= 11 is 0. The second kappa shape index (κ2) is 6.93. The number of halogens is 2. The van der Waals surface area contributed by atoms with Crippen LogP contribution in [0.4, 0.5) is 8.78 Å². The van der Waals surface area contributed by atoms with E-state index in [2.05, 4.69) is 10.2 Å². The van der Waals surface area contributed by atoms with Crippen molar-refractivity contribution in [1.29, 1.82) is 0 Å². The lowest BCUT2D eigenvalue weighted by atomic mass is 10.0. The molecule has 7 heteroatoms. The van der Waals surface area contributed by atoms with Gasteiger partial charge in [-0.05, 0) is 36.4 Å². The Morgan fingerprint density at radius 3 is 2.65 bits per heavy atom. The third kappa shape index (κ3) is 3.49. The molecule has 0 aromatic heterocycles. The molecule has 1 spiro atoms. The van der Waals surface area contributed by atoms with Gasteiger partial charge in [0.05, 0.1) is 12.3 Å². The van der Waals surface area contributed by atoms with E-state index in [1.54, 1.807) is 36.4 Å². The molecule has 1 saturated heterocycles. The van der Waals surface area contributed by atoms with Crippen molar-refractivity contribution in [2.24, 2.45) is 0 Å². The maximum atomic E-state index is 12.7. The molecule has 26 heavy (non-hydrogen) atoms. The highest BCUT2D eigenvalue weighted by atomic mass is 19.3. The van der Waals surface area contributed by atoms with E-state index in [0.29, 0.717) is 19.0 Å². The number of hydrogen-bond acceptors (Lipinski definition) is 5. The molecule has 136 valence electrons. The molecule has 0 radical (unpaired) electrons. The minimum Gasteiger partial charge on any atom is -0.453 e. The molecular formula is C19H17F2NO4. The number of ether oxygens (including phenoxy) is 3. The van der Waals surface area contributed by atoms with Crippen LogP contribution in [0.3, 0.4) is 0 Å². The molecule has 1 unspecified atom stereocenters. The lowest BCUT2D eigenvalue weighted by Crippen LogP contribution is -2.29. The van der Waals surface area contributed by atoms with E-state index in [9.17, 15) is 8.78 Å². The van der Waals surface area contributed by atoms with Crippen molar-refractivity contribution >= 4 is 5.70 Å². The summed E-state index contributed by atoms with van der Waals surface area (Å²) in [5.74, 6) is 0.681. The first-order valence-corrected chi connectivity index (χ1v) is 8.20. The van der Waals surface area contributed by atoms with Gasteiger partial charge in [-0.25, -0.2) is 0 Å². The van der Waals surface area contributed by atoms with Gasteiger partial charge < -0.3 is 14.2 Å². The van der Waals surface area contributed by atoms with E-state index in [4.69, 9.17) is 14.3 Å². The van der Waals surface area contributed by atoms with Gasteiger partial charge in [0.1, 0.15) is 11.4 Å². The molecule has 5 nitrogen and oxygen atoms in total. The third-order valence-electron chi connectivity index (χ3n) is 4.23. The Morgan fingerprint density at radius 2 is 1.92 bits per heavy atom. The quantitative estimate of drug-likeness (QED) is 0.868. The second-order valence-corrected chi connectivity index (χ2v) is 6.08. The normalized spacial score (nSPS) is 21.7. The largest absolute Gasteiger partial charge is 0.453 e. The highest BCUT2D eigenvalue weighted by Gasteiger charge is 2.39. The van der Waals surface area contributed by atoms with Gasteiger partial charge in [-0.1, -0.05) is 18.2 Å². The number of hydroxylamine groups is 1. The Morgan fingerprint density at radius 1 is 1.08 bits per heavy atom.